The minimum Gasteiger partial charge on any atom is -0.390 e. The van der Waals surface area contributed by atoms with Crippen LogP contribution in [0, 0.1) is 0 Å². The molecule has 6 heteroatoms. The molecule has 1 aliphatic heterocycles. The summed E-state index contributed by atoms with van der Waals surface area (Å²) < 4.78 is 1.77. The van der Waals surface area contributed by atoms with Gasteiger partial charge in [-0.05, 0) is 48.7 Å². The lowest BCUT2D eigenvalue weighted by atomic mass is 9.96. The molecule has 28 heavy (non-hydrogen) atoms. The summed E-state index contributed by atoms with van der Waals surface area (Å²) in [4.78, 5) is 17.2. The third kappa shape index (κ3) is 4.03. The Hall–Kier alpha value is -2.44. The first-order valence-electron chi connectivity index (χ1n) is 9.35. The molecule has 1 aromatic carbocycles. The van der Waals surface area contributed by atoms with Gasteiger partial charge in [-0.1, -0.05) is 36.9 Å². The van der Waals surface area contributed by atoms with Crippen LogP contribution in [-0.4, -0.2) is 30.6 Å². The lowest BCUT2D eigenvalue weighted by Crippen LogP contribution is -2.21. The number of hydrogen-bond donors (Lipinski definition) is 1. The van der Waals surface area contributed by atoms with Gasteiger partial charge in [-0.15, -0.1) is 0 Å². The molecule has 0 amide bonds. The average Bonchev–Trinajstić information content (AvgIpc) is 3.25. The van der Waals surface area contributed by atoms with E-state index in [1.54, 1.807) is 24.7 Å². The number of carbonyl (C=O) groups is 1. The van der Waals surface area contributed by atoms with Crippen molar-refractivity contribution in [2.45, 2.75) is 50.0 Å². The van der Waals surface area contributed by atoms with E-state index in [0.29, 0.717) is 12.8 Å². The molecule has 3 aromatic rings. The van der Waals surface area contributed by atoms with Gasteiger partial charge in [0.15, 0.2) is 10.9 Å². The van der Waals surface area contributed by atoms with Crippen LogP contribution in [0.1, 0.15) is 49.1 Å². The molecule has 5 nitrogen and oxygen atoms in total. The molecule has 0 fully saturated rings. The SMILES string of the molecule is CC(c1ccc2c(c1)SC(=O)C2)c1ccn(-c2ccc(CC(C)(C)O)cn2)n1. The third-order valence-electron chi connectivity index (χ3n) is 4.88. The molecule has 1 atom stereocenters. The highest BCUT2D eigenvalue weighted by atomic mass is 32.2. The topological polar surface area (TPSA) is 68.0 Å². The van der Waals surface area contributed by atoms with Crippen molar-refractivity contribution in [1.82, 2.24) is 14.8 Å². The van der Waals surface area contributed by atoms with Gasteiger partial charge in [-0.25, -0.2) is 9.67 Å². The van der Waals surface area contributed by atoms with E-state index in [1.807, 2.05) is 24.4 Å². The highest BCUT2D eigenvalue weighted by molar-refractivity contribution is 8.14. The smallest absolute Gasteiger partial charge is 0.198 e. The van der Waals surface area contributed by atoms with E-state index in [2.05, 4.69) is 30.1 Å². The Morgan fingerprint density at radius 3 is 2.79 bits per heavy atom. The highest BCUT2D eigenvalue weighted by Gasteiger charge is 2.21. The number of thioether (sulfide) groups is 1. The molecule has 0 spiro atoms. The first-order valence-corrected chi connectivity index (χ1v) is 10.2. The molecular weight excluding hydrogens is 370 g/mol. The van der Waals surface area contributed by atoms with Crippen molar-refractivity contribution in [2.24, 2.45) is 0 Å². The normalized spacial score (nSPS) is 14.9. The predicted molar refractivity (Wildman–Crippen MR) is 110 cm³/mol. The second kappa shape index (κ2) is 7.18. The maximum absolute atomic E-state index is 11.6. The summed E-state index contributed by atoms with van der Waals surface area (Å²) in [5, 5.41) is 14.8. The first-order chi connectivity index (χ1) is 13.3. The van der Waals surface area contributed by atoms with Crippen LogP contribution in [-0.2, 0) is 17.6 Å². The van der Waals surface area contributed by atoms with Crippen molar-refractivity contribution < 1.29 is 9.90 Å². The Morgan fingerprint density at radius 2 is 2.07 bits per heavy atom. The summed E-state index contributed by atoms with van der Waals surface area (Å²) >= 11 is 1.33. The number of hydrogen-bond acceptors (Lipinski definition) is 5. The van der Waals surface area contributed by atoms with E-state index in [4.69, 9.17) is 5.10 Å². The Balaban J connectivity index is 1.53. The van der Waals surface area contributed by atoms with Gasteiger partial charge in [0.05, 0.1) is 11.3 Å². The van der Waals surface area contributed by atoms with Crippen molar-refractivity contribution in [3.63, 3.8) is 0 Å². The van der Waals surface area contributed by atoms with Crippen molar-refractivity contribution in [3.8, 4) is 5.82 Å². The molecule has 1 aliphatic rings. The largest absolute Gasteiger partial charge is 0.390 e. The van der Waals surface area contributed by atoms with Crippen LogP contribution < -0.4 is 0 Å². The maximum Gasteiger partial charge on any atom is 0.198 e. The zero-order valence-electron chi connectivity index (χ0n) is 16.2. The summed E-state index contributed by atoms with van der Waals surface area (Å²) in [6.45, 7) is 5.70. The van der Waals surface area contributed by atoms with Gasteiger partial charge < -0.3 is 5.11 Å². The van der Waals surface area contributed by atoms with Gasteiger partial charge in [-0.3, -0.25) is 4.79 Å². The second-order valence-corrected chi connectivity index (χ2v) is 9.04. The van der Waals surface area contributed by atoms with E-state index in [1.165, 1.54) is 11.8 Å². The van der Waals surface area contributed by atoms with Gasteiger partial charge in [0.25, 0.3) is 0 Å². The molecule has 2 aromatic heterocycles. The van der Waals surface area contributed by atoms with Crippen LogP contribution in [0.25, 0.3) is 5.82 Å². The average molecular weight is 394 g/mol. The van der Waals surface area contributed by atoms with Gasteiger partial charge in [0, 0.05) is 36.0 Å². The Bertz CT molecular complexity index is 1020. The predicted octanol–water partition coefficient (Wildman–Crippen LogP) is 3.91. The number of pyridine rings is 1. The zero-order valence-corrected chi connectivity index (χ0v) is 17.0. The maximum atomic E-state index is 11.6. The van der Waals surface area contributed by atoms with E-state index >= 15 is 0 Å². The second-order valence-electron chi connectivity index (χ2n) is 7.94. The van der Waals surface area contributed by atoms with Crippen LogP contribution in [0.2, 0.25) is 0 Å². The summed E-state index contributed by atoms with van der Waals surface area (Å²) in [6, 6.07) is 12.1. The third-order valence-corrected chi connectivity index (χ3v) is 5.86. The highest BCUT2D eigenvalue weighted by Crippen LogP contribution is 2.35. The van der Waals surface area contributed by atoms with Crippen LogP contribution >= 0.6 is 11.8 Å². The fraction of sp³-hybridized carbons (Fsp3) is 0.318. The lowest BCUT2D eigenvalue weighted by Gasteiger charge is -2.16. The number of aromatic nitrogens is 3. The molecular formula is C22H23N3O2S. The van der Waals surface area contributed by atoms with Gasteiger partial charge in [0.2, 0.25) is 0 Å². The van der Waals surface area contributed by atoms with Crippen LogP contribution in [0.4, 0.5) is 0 Å². The molecule has 1 N–H and O–H groups in total. The quantitative estimate of drug-likeness (QED) is 0.712. The van der Waals surface area contributed by atoms with E-state index in [-0.39, 0.29) is 11.0 Å². The van der Waals surface area contributed by atoms with Crippen molar-refractivity contribution in [1.29, 1.82) is 0 Å². The monoisotopic (exact) mass is 393 g/mol. The summed E-state index contributed by atoms with van der Waals surface area (Å²) in [5.41, 5.74) is 3.46. The molecule has 0 aliphatic carbocycles. The fourth-order valence-electron chi connectivity index (χ4n) is 3.42. The minimum atomic E-state index is -0.754. The number of aliphatic hydroxyl groups is 1. The molecule has 0 saturated heterocycles. The van der Waals surface area contributed by atoms with Gasteiger partial charge in [-0.2, -0.15) is 5.10 Å². The number of nitrogens with zero attached hydrogens (tertiary/aromatic N) is 3. The number of benzene rings is 1. The fourth-order valence-corrected chi connectivity index (χ4v) is 4.36. The van der Waals surface area contributed by atoms with Crippen LogP contribution in [0.5, 0.6) is 0 Å². The number of rotatable bonds is 5. The first kappa shape index (κ1) is 18.9. The number of fused-ring (bicyclic) bond motifs is 1. The molecule has 1 unspecified atom stereocenters. The number of carbonyl (C=O) groups excluding carboxylic acids is 1. The molecule has 4 rings (SSSR count). The summed E-state index contributed by atoms with van der Waals surface area (Å²) in [7, 11) is 0. The van der Waals surface area contributed by atoms with Gasteiger partial charge >= 0.3 is 0 Å². The molecule has 144 valence electrons. The Morgan fingerprint density at radius 1 is 1.25 bits per heavy atom. The molecule has 3 heterocycles. The standard InChI is InChI=1S/C22H23N3O2S/c1-14(16-5-6-17-11-21(26)28-19(17)10-16)18-8-9-25(24-18)20-7-4-15(13-23-20)12-22(2,3)27/h4-10,13-14,27H,11-12H2,1-3H3. The van der Waals surface area contributed by atoms with Gasteiger partial charge in [0.1, 0.15) is 0 Å². The minimum absolute atomic E-state index is 0.123. The van der Waals surface area contributed by atoms with E-state index in [0.717, 1.165) is 33.1 Å². The molecule has 0 radical (unpaired) electrons. The zero-order chi connectivity index (χ0) is 19.9. The van der Waals surface area contributed by atoms with Crippen LogP contribution in [0.15, 0.2) is 53.7 Å². The molecule has 0 bridgehead atoms. The Labute approximate surface area is 168 Å². The van der Waals surface area contributed by atoms with E-state index in [9.17, 15) is 9.90 Å². The van der Waals surface area contributed by atoms with Crippen molar-refractivity contribution in [3.05, 3.63) is 71.2 Å². The summed E-state index contributed by atoms with van der Waals surface area (Å²) in [6.07, 6.45) is 4.78. The summed E-state index contributed by atoms with van der Waals surface area (Å²) in [5.74, 6) is 0.866. The van der Waals surface area contributed by atoms with E-state index < -0.39 is 5.60 Å². The van der Waals surface area contributed by atoms with Crippen LogP contribution in [0.3, 0.4) is 0 Å². The Kier molecular flexibility index (Phi) is 4.85. The van der Waals surface area contributed by atoms with Crippen molar-refractivity contribution >= 4 is 16.9 Å². The van der Waals surface area contributed by atoms with Crippen molar-refractivity contribution in [2.75, 3.05) is 0 Å². The lowest BCUT2D eigenvalue weighted by molar-refractivity contribution is -0.110. The molecule has 0 saturated carbocycles.